The lowest BCUT2D eigenvalue weighted by molar-refractivity contribution is -0.534. The maximum absolute atomic E-state index is 5.85. The summed E-state index contributed by atoms with van der Waals surface area (Å²) >= 11 is 5.85. The molecule has 0 unspecified atom stereocenters. The number of nitrogens with zero attached hydrogens (tertiary/aromatic N) is 2. The molecule has 2 aromatic rings. The van der Waals surface area contributed by atoms with E-state index in [2.05, 4.69) is 83.2 Å². The van der Waals surface area contributed by atoms with Crippen LogP contribution in [0.2, 0.25) is 12.6 Å². The van der Waals surface area contributed by atoms with Crippen molar-refractivity contribution in [1.29, 1.82) is 0 Å². The van der Waals surface area contributed by atoms with Gasteiger partial charge in [-0.05, 0) is 30.4 Å². The maximum Gasteiger partial charge on any atom is 0.292 e. The molecule has 5 heteroatoms. The van der Waals surface area contributed by atoms with E-state index < -0.39 is 6.42 Å². The summed E-state index contributed by atoms with van der Waals surface area (Å²) in [7, 11) is 0. The SMILES string of the molecule is CCCC[B-]1(CCCC)N(c2ccccc2)C(=S)Nc2cccc[n+]21. The standard InChI is InChI=1S/C20H28BN3S/c1-3-5-15-21(16-6-4-2)23-17-11-10-14-19(23)22-20(25)24(21)18-12-8-7-9-13-18/h7-14,17H,3-6,15-16H2,1-2H3,(H,22,25). The lowest BCUT2D eigenvalue weighted by Gasteiger charge is -2.52. The van der Waals surface area contributed by atoms with Gasteiger partial charge in [0.1, 0.15) is 0 Å². The molecule has 0 fully saturated rings. The van der Waals surface area contributed by atoms with Gasteiger partial charge in [0.05, 0.1) is 0 Å². The van der Waals surface area contributed by atoms with Gasteiger partial charge in [0.2, 0.25) is 10.9 Å². The Kier molecular flexibility index (Phi) is 5.74. The van der Waals surface area contributed by atoms with E-state index in [9.17, 15) is 0 Å². The van der Waals surface area contributed by atoms with Crippen molar-refractivity contribution in [2.45, 2.75) is 52.2 Å². The number of unbranched alkanes of at least 4 members (excludes halogenated alkanes) is 2. The summed E-state index contributed by atoms with van der Waals surface area (Å²) in [5.74, 6) is 1.12. The number of aromatic nitrogens is 1. The zero-order chi connectivity index (χ0) is 17.7. The molecular weight excluding hydrogens is 325 g/mol. The summed E-state index contributed by atoms with van der Waals surface area (Å²) in [6.45, 7) is 4.54. The maximum atomic E-state index is 5.85. The molecule has 0 spiro atoms. The van der Waals surface area contributed by atoms with Gasteiger partial charge in [-0.3, -0.25) is 0 Å². The summed E-state index contributed by atoms with van der Waals surface area (Å²) in [6, 6.07) is 17.0. The van der Waals surface area contributed by atoms with Gasteiger partial charge in [-0.1, -0.05) is 63.8 Å². The normalized spacial score (nSPS) is 15.6. The van der Waals surface area contributed by atoms with Crippen LogP contribution in [-0.4, -0.2) is 11.5 Å². The summed E-state index contributed by atoms with van der Waals surface area (Å²) in [5, 5.41) is 4.28. The van der Waals surface area contributed by atoms with Gasteiger partial charge in [-0.25, -0.2) is 5.32 Å². The second kappa shape index (κ2) is 8.00. The zero-order valence-electron chi connectivity index (χ0n) is 15.3. The smallest absolute Gasteiger partial charge is 0.292 e. The predicted octanol–water partition coefficient (Wildman–Crippen LogP) is 5.08. The first-order valence-corrected chi connectivity index (χ1v) is 9.99. The van der Waals surface area contributed by atoms with E-state index in [-0.39, 0.29) is 0 Å². The first-order chi connectivity index (χ1) is 12.2. The number of pyridine rings is 1. The quantitative estimate of drug-likeness (QED) is 0.553. The predicted molar refractivity (Wildman–Crippen MR) is 112 cm³/mol. The molecule has 1 aliphatic heterocycles. The van der Waals surface area contributed by atoms with Crippen LogP contribution in [0.5, 0.6) is 0 Å². The van der Waals surface area contributed by atoms with Crippen LogP contribution in [0.15, 0.2) is 54.7 Å². The molecule has 132 valence electrons. The number of nitrogens with one attached hydrogen (secondary N) is 1. The van der Waals surface area contributed by atoms with Crippen LogP contribution in [0.25, 0.3) is 0 Å². The molecule has 1 aromatic carbocycles. The van der Waals surface area contributed by atoms with Crippen molar-refractivity contribution in [3.05, 3.63) is 54.7 Å². The molecule has 0 saturated carbocycles. The molecule has 0 amide bonds. The average molecular weight is 353 g/mol. The number of thiocarbonyl (C=S) groups is 1. The molecule has 1 aromatic heterocycles. The van der Waals surface area contributed by atoms with E-state index in [1.807, 2.05) is 0 Å². The highest BCUT2D eigenvalue weighted by Gasteiger charge is 2.45. The third kappa shape index (κ3) is 3.43. The molecule has 25 heavy (non-hydrogen) atoms. The van der Waals surface area contributed by atoms with Gasteiger partial charge in [0, 0.05) is 18.0 Å². The average Bonchev–Trinajstić information content (AvgIpc) is 2.65. The molecule has 3 rings (SSSR count). The van der Waals surface area contributed by atoms with Crippen LogP contribution in [0, 0.1) is 0 Å². The lowest BCUT2D eigenvalue weighted by Crippen LogP contribution is -2.79. The van der Waals surface area contributed by atoms with E-state index in [0.29, 0.717) is 0 Å². The van der Waals surface area contributed by atoms with Gasteiger partial charge in [-0.2, -0.15) is 0 Å². The Morgan fingerprint density at radius 2 is 1.60 bits per heavy atom. The number of hydrogen-bond acceptors (Lipinski definition) is 1. The van der Waals surface area contributed by atoms with Crippen LogP contribution < -0.4 is 14.6 Å². The van der Waals surface area contributed by atoms with Crippen LogP contribution in [0.3, 0.4) is 0 Å². The van der Waals surface area contributed by atoms with Crippen LogP contribution in [-0.2, 0) is 0 Å². The highest BCUT2D eigenvalue weighted by atomic mass is 32.1. The monoisotopic (exact) mass is 353 g/mol. The molecule has 0 bridgehead atoms. The minimum absolute atomic E-state index is 0.824. The Hall–Kier alpha value is -1.88. The lowest BCUT2D eigenvalue weighted by atomic mass is 9.38. The second-order valence-electron chi connectivity index (χ2n) is 7.05. The highest BCUT2D eigenvalue weighted by molar-refractivity contribution is 7.81. The van der Waals surface area contributed by atoms with Gasteiger partial charge in [0.25, 0.3) is 6.42 Å². The largest absolute Gasteiger partial charge is 0.434 e. The fourth-order valence-electron chi connectivity index (χ4n) is 4.22. The van der Waals surface area contributed by atoms with Crippen molar-refractivity contribution in [3.63, 3.8) is 0 Å². The highest BCUT2D eigenvalue weighted by Crippen LogP contribution is 2.32. The number of fused-ring (bicyclic) bond motifs is 1. The van der Waals surface area contributed by atoms with Crippen LogP contribution >= 0.6 is 12.2 Å². The van der Waals surface area contributed by atoms with E-state index in [4.69, 9.17) is 12.2 Å². The fraction of sp³-hybridized carbons (Fsp3) is 0.400. The Labute approximate surface area is 157 Å². The third-order valence-corrected chi connectivity index (χ3v) is 5.72. The van der Waals surface area contributed by atoms with Crippen LogP contribution in [0.1, 0.15) is 39.5 Å². The summed E-state index contributed by atoms with van der Waals surface area (Å²) < 4.78 is 2.47. The first-order valence-electron chi connectivity index (χ1n) is 9.58. The fourth-order valence-corrected chi connectivity index (χ4v) is 4.63. The molecule has 0 atom stereocenters. The van der Waals surface area contributed by atoms with Gasteiger partial charge in [-0.15, -0.1) is 12.6 Å². The van der Waals surface area contributed by atoms with Crippen molar-refractivity contribution >= 4 is 35.3 Å². The van der Waals surface area contributed by atoms with Crippen molar-refractivity contribution < 1.29 is 4.48 Å². The van der Waals surface area contributed by atoms with Crippen molar-refractivity contribution in [2.24, 2.45) is 0 Å². The van der Waals surface area contributed by atoms with Crippen LogP contribution in [0.4, 0.5) is 11.5 Å². The van der Waals surface area contributed by atoms with Gasteiger partial charge < -0.3 is 9.29 Å². The molecule has 0 radical (unpaired) electrons. The summed E-state index contributed by atoms with van der Waals surface area (Å²) in [5.41, 5.74) is 1.19. The Morgan fingerprint density at radius 1 is 0.960 bits per heavy atom. The Bertz CT molecular complexity index is 712. The van der Waals surface area contributed by atoms with Gasteiger partial charge in [0.15, 0.2) is 0 Å². The third-order valence-electron chi connectivity index (χ3n) is 5.42. The van der Waals surface area contributed by atoms with E-state index in [0.717, 1.165) is 23.6 Å². The zero-order valence-corrected chi connectivity index (χ0v) is 16.1. The Balaban J connectivity index is 2.17. The topological polar surface area (TPSA) is 19.1 Å². The molecular formula is C20H28BN3S. The van der Waals surface area contributed by atoms with E-state index >= 15 is 0 Å². The molecule has 3 nitrogen and oxygen atoms in total. The number of hydrogen-bond donors (Lipinski definition) is 1. The minimum atomic E-state index is -0.995. The minimum Gasteiger partial charge on any atom is -0.434 e. The van der Waals surface area contributed by atoms with Crippen molar-refractivity contribution in [3.8, 4) is 0 Å². The van der Waals surface area contributed by atoms with Crippen molar-refractivity contribution in [2.75, 3.05) is 10.1 Å². The molecule has 1 N–H and O–H groups in total. The first kappa shape index (κ1) is 17.9. The van der Waals surface area contributed by atoms with Crippen molar-refractivity contribution in [1.82, 2.24) is 0 Å². The van der Waals surface area contributed by atoms with E-state index in [1.165, 1.54) is 31.4 Å². The number of benzene rings is 1. The second-order valence-corrected chi connectivity index (χ2v) is 7.43. The summed E-state index contributed by atoms with van der Waals surface area (Å²) in [6.07, 6.45) is 8.33. The number of rotatable bonds is 7. The molecule has 2 heterocycles. The van der Waals surface area contributed by atoms with E-state index in [1.54, 1.807) is 0 Å². The number of para-hydroxylation sites is 1. The molecule has 0 saturated heterocycles. The summed E-state index contributed by atoms with van der Waals surface area (Å²) in [4.78, 5) is 2.41. The molecule has 0 aliphatic carbocycles. The Morgan fingerprint density at radius 3 is 2.24 bits per heavy atom. The number of anilines is 2. The van der Waals surface area contributed by atoms with Gasteiger partial charge >= 0.3 is 0 Å². The molecule has 1 aliphatic rings.